The molecule has 1 rings (SSSR count). The van der Waals surface area contributed by atoms with Gasteiger partial charge >= 0.3 is 0 Å². The van der Waals surface area contributed by atoms with E-state index in [0.717, 1.165) is 50.7 Å². The van der Waals surface area contributed by atoms with E-state index in [1.54, 1.807) is 6.07 Å². The fraction of sp³-hybridized carbons (Fsp3) is 0.571. The Morgan fingerprint density at radius 2 is 2.00 bits per heavy atom. The minimum atomic E-state index is -0.408. The van der Waals surface area contributed by atoms with E-state index in [0.29, 0.717) is 6.54 Å². The van der Waals surface area contributed by atoms with Crippen molar-refractivity contribution >= 4 is 0 Å². The zero-order valence-electron chi connectivity index (χ0n) is 10.9. The average molecular weight is 255 g/mol. The first-order valence-electron chi connectivity index (χ1n) is 6.49. The normalized spacial score (nSPS) is 10.8. The highest BCUT2D eigenvalue weighted by atomic mass is 19.1. The summed E-state index contributed by atoms with van der Waals surface area (Å²) in [5, 5.41) is 12.4. The molecule has 0 unspecified atom stereocenters. The van der Waals surface area contributed by atoms with Gasteiger partial charge < -0.3 is 15.2 Å². The molecule has 3 nitrogen and oxygen atoms in total. The molecule has 0 saturated carbocycles. The van der Waals surface area contributed by atoms with Gasteiger partial charge in [0, 0.05) is 25.8 Å². The van der Waals surface area contributed by atoms with Crippen molar-refractivity contribution in [3.63, 3.8) is 0 Å². The van der Waals surface area contributed by atoms with Gasteiger partial charge in [-0.05, 0) is 37.1 Å². The Labute approximate surface area is 108 Å². The first kappa shape index (κ1) is 14.9. The van der Waals surface area contributed by atoms with Crippen LogP contribution < -0.4 is 5.32 Å². The maximum absolute atomic E-state index is 13.0. The lowest BCUT2D eigenvalue weighted by Gasteiger charge is -2.06. The van der Waals surface area contributed by atoms with E-state index in [9.17, 15) is 9.50 Å². The lowest BCUT2D eigenvalue weighted by molar-refractivity contribution is 0.129. The fourth-order valence-corrected chi connectivity index (χ4v) is 1.62. The van der Waals surface area contributed by atoms with Gasteiger partial charge in [-0.2, -0.15) is 0 Å². The molecule has 0 atom stereocenters. The summed E-state index contributed by atoms with van der Waals surface area (Å²) < 4.78 is 18.4. The third-order valence-corrected chi connectivity index (χ3v) is 2.56. The monoisotopic (exact) mass is 255 g/mol. The number of hydrogen-bond acceptors (Lipinski definition) is 3. The van der Waals surface area contributed by atoms with Crippen LogP contribution >= 0.6 is 0 Å². The number of hydrogen-bond donors (Lipinski definition) is 2. The van der Waals surface area contributed by atoms with Crippen molar-refractivity contribution in [1.82, 2.24) is 5.32 Å². The second-order valence-electron chi connectivity index (χ2n) is 4.31. The highest BCUT2D eigenvalue weighted by Crippen LogP contribution is 2.14. The Balaban J connectivity index is 2.07. The maximum atomic E-state index is 13.0. The smallest absolute Gasteiger partial charge is 0.127 e. The molecule has 0 heterocycles. The molecule has 0 amide bonds. The minimum absolute atomic E-state index is 0.0327. The Morgan fingerprint density at radius 1 is 1.22 bits per heavy atom. The third-order valence-electron chi connectivity index (χ3n) is 2.56. The summed E-state index contributed by atoms with van der Waals surface area (Å²) >= 11 is 0. The highest BCUT2D eigenvalue weighted by molar-refractivity contribution is 5.28. The summed E-state index contributed by atoms with van der Waals surface area (Å²) in [6.45, 7) is 5.10. The van der Waals surface area contributed by atoms with Gasteiger partial charge in [-0.3, -0.25) is 0 Å². The Bertz CT molecular complexity index is 324. The van der Waals surface area contributed by atoms with E-state index in [2.05, 4.69) is 12.2 Å². The molecule has 0 spiro atoms. The summed E-state index contributed by atoms with van der Waals surface area (Å²) in [6, 6.07) is 4.09. The zero-order chi connectivity index (χ0) is 13.2. The number of benzene rings is 1. The van der Waals surface area contributed by atoms with Gasteiger partial charge in [0.25, 0.3) is 0 Å². The van der Waals surface area contributed by atoms with Crippen LogP contribution in [0.3, 0.4) is 0 Å². The summed E-state index contributed by atoms with van der Waals surface area (Å²) in [6.07, 6.45) is 3.20. The number of halogens is 1. The van der Waals surface area contributed by atoms with Crippen LogP contribution in [0.15, 0.2) is 18.2 Å². The predicted octanol–water partition coefficient (Wildman–Crippen LogP) is 2.83. The fourth-order valence-electron chi connectivity index (χ4n) is 1.62. The summed E-state index contributed by atoms with van der Waals surface area (Å²) in [7, 11) is 0. The number of phenolic OH excluding ortho intramolecular Hbond substituents is 1. The quantitative estimate of drug-likeness (QED) is 0.667. The van der Waals surface area contributed by atoms with Crippen LogP contribution in [0.5, 0.6) is 5.75 Å². The summed E-state index contributed by atoms with van der Waals surface area (Å²) in [5.41, 5.74) is 0.749. The van der Waals surface area contributed by atoms with E-state index in [1.807, 2.05) is 0 Å². The van der Waals surface area contributed by atoms with E-state index in [-0.39, 0.29) is 5.75 Å². The first-order valence-corrected chi connectivity index (χ1v) is 6.49. The van der Waals surface area contributed by atoms with Crippen molar-refractivity contribution in [2.24, 2.45) is 0 Å². The molecule has 0 radical (unpaired) electrons. The van der Waals surface area contributed by atoms with Gasteiger partial charge in [-0.1, -0.05) is 13.3 Å². The Hall–Kier alpha value is -1.13. The second-order valence-corrected chi connectivity index (χ2v) is 4.31. The standard InChI is InChI=1S/C14H22FNO2/c1-2-3-6-18-7-4-5-16-11-12-8-13(15)10-14(17)9-12/h8-10,16-17H,2-7,11H2,1H3. The summed E-state index contributed by atoms with van der Waals surface area (Å²) in [4.78, 5) is 0. The maximum Gasteiger partial charge on any atom is 0.127 e. The molecule has 0 aliphatic rings. The van der Waals surface area contributed by atoms with Crippen molar-refractivity contribution in [1.29, 1.82) is 0 Å². The van der Waals surface area contributed by atoms with Gasteiger partial charge in [0.2, 0.25) is 0 Å². The molecule has 1 aromatic carbocycles. The largest absolute Gasteiger partial charge is 0.508 e. The van der Waals surface area contributed by atoms with Crippen molar-refractivity contribution in [2.45, 2.75) is 32.7 Å². The van der Waals surface area contributed by atoms with E-state index in [1.165, 1.54) is 6.07 Å². The van der Waals surface area contributed by atoms with Crippen LogP contribution in [0.2, 0.25) is 0 Å². The molecule has 0 aliphatic heterocycles. The van der Waals surface area contributed by atoms with Crippen LogP contribution in [0, 0.1) is 5.82 Å². The molecule has 18 heavy (non-hydrogen) atoms. The molecule has 0 aliphatic carbocycles. The van der Waals surface area contributed by atoms with Crippen LogP contribution in [0.4, 0.5) is 4.39 Å². The molecule has 0 bridgehead atoms. The first-order chi connectivity index (χ1) is 8.72. The summed E-state index contributed by atoms with van der Waals surface area (Å²) in [5.74, 6) is -0.440. The molecular weight excluding hydrogens is 233 g/mol. The highest BCUT2D eigenvalue weighted by Gasteiger charge is 1.99. The van der Waals surface area contributed by atoms with E-state index >= 15 is 0 Å². The number of unbranched alkanes of at least 4 members (excludes halogenated alkanes) is 1. The number of nitrogens with one attached hydrogen (secondary N) is 1. The van der Waals surface area contributed by atoms with Crippen molar-refractivity contribution in [2.75, 3.05) is 19.8 Å². The number of rotatable bonds is 9. The molecule has 4 heteroatoms. The minimum Gasteiger partial charge on any atom is -0.508 e. The van der Waals surface area contributed by atoms with Gasteiger partial charge in [-0.15, -0.1) is 0 Å². The van der Waals surface area contributed by atoms with E-state index in [4.69, 9.17) is 4.74 Å². The molecule has 0 fully saturated rings. The van der Waals surface area contributed by atoms with Gasteiger partial charge in [0.05, 0.1) is 0 Å². The lowest BCUT2D eigenvalue weighted by Crippen LogP contribution is -2.16. The molecular formula is C14H22FNO2. The van der Waals surface area contributed by atoms with E-state index < -0.39 is 5.82 Å². The number of ether oxygens (including phenoxy) is 1. The third kappa shape index (κ3) is 6.57. The van der Waals surface area contributed by atoms with Gasteiger partial charge in [0.1, 0.15) is 11.6 Å². The number of aromatic hydroxyl groups is 1. The van der Waals surface area contributed by atoms with Gasteiger partial charge in [0.15, 0.2) is 0 Å². The predicted molar refractivity (Wildman–Crippen MR) is 70.1 cm³/mol. The SMILES string of the molecule is CCCCOCCCNCc1cc(O)cc(F)c1. The van der Waals surface area contributed by atoms with Crippen LogP contribution in [0.25, 0.3) is 0 Å². The zero-order valence-corrected chi connectivity index (χ0v) is 10.9. The molecule has 2 N–H and O–H groups in total. The average Bonchev–Trinajstić information content (AvgIpc) is 2.31. The molecule has 0 saturated heterocycles. The Kier molecular flexibility index (Phi) is 7.37. The Morgan fingerprint density at radius 3 is 2.72 bits per heavy atom. The number of phenols is 1. The van der Waals surface area contributed by atoms with Crippen LogP contribution in [0.1, 0.15) is 31.7 Å². The lowest BCUT2D eigenvalue weighted by atomic mass is 10.2. The topological polar surface area (TPSA) is 41.5 Å². The van der Waals surface area contributed by atoms with Crippen molar-refractivity contribution in [3.8, 4) is 5.75 Å². The van der Waals surface area contributed by atoms with Crippen molar-refractivity contribution < 1.29 is 14.2 Å². The van der Waals surface area contributed by atoms with Crippen LogP contribution in [-0.4, -0.2) is 24.9 Å². The van der Waals surface area contributed by atoms with Crippen LogP contribution in [-0.2, 0) is 11.3 Å². The molecule has 102 valence electrons. The molecule has 1 aromatic rings. The van der Waals surface area contributed by atoms with Gasteiger partial charge in [-0.25, -0.2) is 4.39 Å². The van der Waals surface area contributed by atoms with Crippen molar-refractivity contribution in [3.05, 3.63) is 29.6 Å². The molecule has 0 aromatic heterocycles. The second kappa shape index (κ2) is 8.89.